The first kappa shape index (κ1) is 20.5. The van der Waals surface area contributed by atoms with Crippen LogP contribution in [-0.4, -0.2) is 66.9 Å². The van der Waals surface area contributed by atoms with Gasteiger partial charge in [0.25, 0.3) is 0 Å². The summed E-state index contributed by atoms with van der Waals surface area (Å²) in [5.41, 5.74) is 2.72. The molecule has 1 N–H and O–H groups in total. The number of halogens is 1. The first-order valence-corrected chi connectivity index (χ1v) is 10.4. The molecule has 30 heavy (non-hydrogen) atoms. The standard InChI is InChI=1S/C23H27FN4O2/c1-17(23(30)25-20-7-4-6-19(24)15-20)27-13-11-26(12-14-27)16-22(29)28-10-9-18-5-2-3-8-21(18)28/h2-8,15,17H,9-14,16H2,1H3,(H,25,30). The maximum absolute atomic E-state index is 13.3. The smallest absolute Gasteiger partial charge is 0.241 e. The summed E-state index contributed by atoms with van der Waals surface area (Å²) in [5, 5.41) is 2.77. The van der Waals surface area contributed by atoms with Gasteiger partial charge in [0.05, 0.1) is 12.6 Å². The molecule has 1 saturated heterocycles. The van der Waals surface area contributed by atoms with E-state index in [-0.39, 0.29) is 23.7 Å². The molecular formula is C23H27FN4O2. The molecule has 4 rings (SSSR count). The molecule has 0 aromatic heterocycles. The highest BCUT2D eigenvalue weighted by Gasteiger charge is 2.29. The SMILES string of the molecule is CC(C(=O)Nc1cccc(F)c1)N1CCN(CC(=O)N2CCc3ccccc32)CC1. The molecule has 2 aromatic rings. The summed E-state index contributed by atoms with van der Waals surface area (Å²) in [7, 11) is 0. The van der Waals surface area contributed by atoms with Gasteiger partial charge in [0, 0.05) is 44.1 Å². The highest BCUT2D eigenvalue weighted by Crippen LogP contribution is 2.27. The van der Waals surface area contributed by atoms with Crippen LogP contribution in [-0.2, 0) is 16.0 Å². The van der Waals surface area contributed by atoms with Gasteiger partial charge >= 0.3 is 0 Å². The van der Waals surface area contributed by atoms with E-state index < -0.39 is 0 Å². The van der Waals surface area contributed by atoms with Crippen LogP contribution >= 0.6 is 0 Å². The van der Waals surface area contributed by atoms with Crippen LogP contribution in [0.1, 0.15) is 12.5 Å². The van der Waals surface area contributed by atoms with Crippen molar-refractivity contribution < 1.29 is 14.0 Å². The van der Waals surface area contributed by atoms with Crippen LogP contribution in [0.2, 0.25) is 0 Å². The normalized spacial score (nSPS) is 18.1. The number of anilines is 2. The molecule has 6 nitrogen and oxygen atoms in total. The van der Waals surface area contributed by atoms with Gasteiger partial charge < -0.3 is 10.2 Å². The number of amides is 2. The lowest BCUT2D eigenvalue weighted by Crippen LogP contribution is -2.54. The molecule has 2 heterocycles. The number of carbonyl (C=O) groups is 2. The van der Waals surface area contributed by atoms with Crippen molar-refractivity contribution in [2.24, 2.45) is 0 Å². The Morgan fingerprint density at radius 1 is 1.03 bits per heavy atom. The van der Waals surface area contributed by atoms with E-state index in [2.05, 4.69) is 21.2 Å². The molecule has 2 aliphatic heterocycles. The number of para-hydroxylation sites is 1. The van der Waals surface area contributed by atoms with Crippen molar-refractivity contribution in [3.8, 4) is 0 Å². The van der Waals surface area contributed by atoms with Crippen LogP contribution in [0, 0.1) is 5.82 Å². The molecule has 2 aliphatic rings. The third-order valence-corrected chi connectivity index (χ3v) is 5.97. The Kier molecular flexibility index (Phi) is 6.11. The number of hydrogen-bond acceptors (Lipinski definition) is 4. The van der Waals surface area contributed by atoms with Crippen LogP contribution in [0.3, 0.4) is 0 Å². The fourth-order valence-electron chi connectivity index (χ4n) is 4.16. The van der Waals surface area contributed by atoms with E-state index in [1.165, 1.54) is 17.7 Å². The lowest BCUT2D eigenvalue weighted by Gasteiger charge is -2.37. The first-order chi connectivity index (χ1) is 14.5. The van der Waals surface area contributed by atoms with Crippen molar-refractivity contribution in [1.29, 1.82) is 0 Å². The van der Waals surface area contributed by atoms with Crippen molar-refractivity contribution in [2.45, 2.75) is 19.4 Å². The van der Waals surface area contributed by atoms with Crippen molar-refractivity contribution in [2.75, 3.05) is 49.5 Å². The molecule has 2 amide bonds. The fourth-order valence-corrected chi connectivity index (χ4v) is 4.16. The number of fused-ring (bicyclic) bond motifs is 1. The molecule has 1 atom stereocenters. The van der Waals surface area contributed by atoms with E-state index in [1.54, 1.807) is 12.1 Å². The van der Waals surface area contributed by atoms with Crippen molar-refractivity contribution in [1.82, 2.24) is 9.80 Å². The third kappa shape index (κ3) is 4.52. The lowest BCUT2D eigenvalue weighted by atomic mass is 10.2. The Morgan fingerprint density at radius 2 is 1.80 bits per heavy atom. The summed E-state index contributed by atoms with van der Waals surface area (Å²) in [4.78, 5) is 31.5. The molecule has 158 valence electrons. The van der Waals surface area contributed by atoms with Gasteiger partial charge in [-0.05, 0) is 43.2 Å². The summed E-state index contributed by atoms with van der Waals surface area (Å²) in [5.74, 6) is -0.400. The van der Waals surface area contributed by atoms with Crippen molar-refractivity contribution >= 4 is 23.2 Å². The minimum Gasteiger partial charge on any atom is -0.325 e. The minimum absolute atomic E-state index is 0.130. The molecule has 7 heteroatoms. The number of piperazine rings is 1. The van der Waals surface area contributed by atoms with E-state index >= 15 is 0 Å². The number of nitrogens with one attached hydrogen (secondary N) is 1. The maximum atomic E-state index is 13.3. The zero-order valence-corrected chi connectivity index (χ0v) is 17.2. The number of hydrogen-bond donors (Lipinski definition) is 1. The number of nitrogens with zero attached hydrogens (tertiary/aromatic N) is 3. The van der Waals surface area contributed by atoms with Gasteiger partial charge in [-0.3, -0.25) is 19.4 Å². The van der Waals surface area contributed by atoms with Crippen LogP contribution in [0.15, 0.2) is 48.5 Å². The predicted molar refractivity (Wildman–Crippen MR) is 115 cm³/mol. The van der Waals surface area contributed by atoms with E-state index in [0.29, 0.717) is 25.3 Å². The zero-order valence-electron chi connectivity index (χ0n) is 17.2. The van der Waals surface area contributed by atoms with Crippen LogP contribution < -0.4 is 10.2 Å². The summed E-state index contributed by atoms with van der Waals surface area (Å²) in [6.07, 6.45) is 0.910. The molecule has 1 unspecified atom stereocenters. The molecule has 0 radical (unpaired) electrons. The maximum Gasteiger partial charge on any atom is 0.241 e. The van der Waals surface area contributed by atoms with Gasteiger partial charge in [-0.15, -0.1) is 0 Å². The second kappa shape index (κ2) is 8.93. The molecule has 1 fully saturated rings. The molecule has 2 aromatic carbocycles. The summed E-state index contributed by atoms with van der Waals surface area (Å²) in [6, 6.07) is 13.7. The summed E-state index contributed by atoms with van der Waals surface area (Å²) >= 11 is 0. The van der Waals surface area contributed by atoms with E-state index in [4.69, 9.17) is 0 Å². The van der Waals surface area contributed by atoms with Crippen molar-refractivity contribution in [3.05, 3.63) is 59.9 Å². The van der Waals surface area contributed by atoms with Crippen LogP contribution in [0.4, 0.5) is 15.8 Å². The van der Waals surface area contributed by atoms with Gasteiger partial charge in [-0.25, -0.2) is 4.39 Å². The highest BCUT2D eigenvalue weighted by atomic mass is 19.1. The van der Waals surface area contributed by atoms with Crippen LogP contribution in [0.5, 0.6) is 0 Å². The number of benzene rings is 2. The molecule has 0 spiro atoms. The largest absolute Gasteiger partial charge is 0.325 e. The van der Waals surface area contributed by atoms with Gasteiger partial charge in [0.15, 0.2) is 0 Å². The highest BCUT2D eigenvalue weighted by molar-refractivity contribution is 5.97. The van der Waals surface area contributed by atoms with E-state index in [0.717, 1.165) is 31.7 Å². The Morgan fingerprint density at radius 3 is 2.57 bits per heavy atom. The summed E-state index contributed by atoms with van der Waals surface area (Å²) < 4.78 is 13.3. The quantitative estimate of drug-likeness (QED) is 0.822. The molecule has 0 aliphatic carbocycles. The Hall–Kier alpha value is -2.77. The number of carbonyl (C=O) groups excluding carboxylic acids is 2. The second-order valence-corrected chi connectivity index (χ2v) is 7.91. The summed E-state index contributed by atoms with van der Waals surface area (Å²) in [6.45, 7) is 5.89. The van der Waals surface area contributed by atoms with Gasteiger partial charge in [-0.1, -0.05) is 24.3 Å². The fraction of sp³-hybridized carbons (Fsp3) is 0.391. The molecular weight excluding hydrogens is 383 g/mol. The van der Waals surface area contributed by atoms with Gasteiger partial charge in [0.2, 0.25) is 11.8 Å². The molecule has 0 bridgehead atoms. The molecule has 0 saturated carbocycles. The number of rotatable bonds is 5. The average molecular weight is 410 g/mol. The predicted octanol–water partition coefficient (Wildman–Crippen LogP) is 2.36. The zero-order chi connectivity index (χ0) is 21.1. The van der Waals surface area contributed by atoms with E-state index in [9.17, 15) is 14.0 Å². The Bertz CT molecular complexity index is 927. The van der Waals surface area contributed by atoms with E-state index in [1.807, 2.05) is 30.0 Å². The van der Waals surface area contributed by atoms with Gasteiger partial charge in [0.1, 0.15) is 5.82 Å². The lowest BCUT2D eigenvalue weighted by molar-refractivity contribution is -0.123. The van der Waals surface area contributed by atoms with Crippen LogP contribution in [0.25, 0.3) is 0 Å². The minimum atomic E-state index is -0.376. The monoisotopic (exact) mass is 410 g/mol. The van der Waals surface area contributed by atoms with Crippen molar-refractivity contribution in [3.63, 3.8) is 0 Å². The average Bonchev–Trinajstić information content (AvgIpc) is 3.18. The Labute approximate surface area is 176 Å². The Balaban J connectivity index is 1.26. The second-order valence-electron chi connectivity index (χ2n) is 7.91. The van der Waals surface area contributed by atoms with Gasteiger partial charge in [-0.2, -0.15) is 0 Å². The third-order valence-electron chi connectivity index (χ3n) is 5.97. The first-order valence-electron chi connectivity index (χ1n) is 10.4. The topological polar surface area (TPSA) is 55.9 Å².